The predicted octanol–water partition coefficient (Wildman–Crippen LogP) is 2.79. The highest BCUT2D eigenvalue weighted by Gasteiger charge is 2.13. The molecule has 7 heteroatoms. The van der Waals surface area contributed by atoms with Crippen molar-refractivity contribution in [3.63, 3.8) is 0 Å². The first-order valence-electron chi connectivity index (χ1n) is 6.12. The second-order valence-corrected chi connectivity index (χ2v) is 6.14. The molecular formula is C14H14F2N2O2S. The van der Waals surface area contributed by atoms with E-state index in [0.29, 0.717) is 5.56 Å². The van der Waals surface area contributed by atoms with Crippen LogP contribution >= 0.6 is 0 Å². The van der Waals surface area contributed by atoms with Crippen molar-refractivity contribution in [2.75, 3.05) is 5.32 Å². The molecule has 0 aliphatic carbocycles. The van der Waals surface area contributed by atoms with Crippen molar-refractivity contribution in [2.45, 2.75) is 17.9 Å². The fraction of sp³-hybridized carbons (Fsp3) is 0.143. The highest BCUT2D eigenvalue weighted by molar-refractivity contribution is 7.89. The minimum absolute atomic E-state index is 0.00427. The second kappa shape index (κ2) is 5.79. The molecule has 0 fully saturated rings. The molecule has 0 heterocycles. The average molecular weight is 312 g/mol. The molecule has 112 valence electrons. The lowest BCUT2D eigenvalue weighted by Crippen LogP contribution is -2.13. The van der Waals surface area contributed by atoms with Gasteiger partial charge in [0.15, 0.2) is 11.6 Å². The normalized spacial score (nSPS) is 13.0. The van der Waals surface area contributed by atoms with E-state index in [1.165, 1.54) is 24.3 Å². The monoisotopic (exact) mass is 312 g/mol. The molecule has 0 bridgehead atoms. The van der Waals surface area contributed by atoms with Gasteiger partial charge >= 0.3 is 0 Å². The molecule has 0 aromatic heterocycles. The van der Waals surface area contributed by atoms with Crippen molar-refractivity contribution in [1.29, 1.82) is 0 Å². The van der Waals surface area contributed by atoms with E-state index in [2.05, 4.69) is 5.32 Å². The summed E-state index contributed by atoms with van der Waals surface area (Å²) in [7, 11) is -3.75. The minimum atomic E-state index is -3.75. The summed E-state index contributed by atoms with van der Waals surface area (Å²) in [4.78, 5) is -0.00427. The molecule has 0 saturated carbocycles. The summed E-state index contributed by atoms with van der Waals surface area (Å²) in [5, 5.41) is 7.84. The van der Waals surface area contributed by atoms with Crippen LogP contribution in [0.2, 0.25) is 0 Å². The Kier molecular flexibility index (Phi) is 4.24. The summed E-state index contributed by atoms with van der Waals surface area (Å²) >= 11 is 0. The molecule has 3 N–H and O–H groups in total. The number of benzene rings is 2. The first-order valence-corrected chi connectivity index (χ1v) is 7.67. The maximum atomic E-state index is 13.6. The zero-order chi connectivity index (χ0) is 15.6. The van der Waals surface area contributed by atoms with Gasteiger partial charge in [-0.05, 0) is 36.8 Å². The summed E-state index contributed by atoms with van der Waals surface area (Å²) in [6, 6.07) is 9.38. The van der Waals surface area contributed by atoms with Gasteiger partial charge in [0.25, 0.3) is 0 Å². The summed E-state index contributed by atoms with van der Waals surface area (Å²) in [6.07, 6.45) is 0. The lowest BCUT2D eigenvalue weighted by Gasteiger charge is -2.16. The second-order valence-electron chi connectivity index (χ2n) is 4.58. The number of nitrogens with one attached hydrogen (secondary N) is 1. The number of hydrogen-bond donors (Lipinski definition) is 2. The van der Waals surface area contributed by atoms with Crippen LogP contribution in [0.5, 0.6) is 0 Å². The van der Waals surface area contributed by atoms with Gasteiger partial charge in [-0.2, -0.15) is 0 Å². The quantitative estimate of drug-likeness (QED) is 0.912. The Bertz CT molecular complexity index is 746. The molecule has 0 amide bonds. The Morgan fingerprint density at radius 2 is 1.71 bits per heavy atom. The van der Waals surface area contributed by atoms with Crippen LogP contribution in [0.15, 0.2) is 47.4 Å². The molecule has 2 aromatic carbocycles. The Morgan fingerprint density at radius 1 is 1.10 bits per heavy atom. The number of halogens is 2. The van der Waals surface area contributed by atoms with E-state index in [-0.39, 0.29) is 16.6 Å². The SMILES string of the molecule is CC(Nc1cccc(F)c1F)c1ccc(S(N)(=O)=O)cc1. The van der Waals surface area contributed by atoms with Gasteiger partial charge in [0.05, 0.1) is 10.6 Å². The summed E-state index contributed by atoms with van der Waals surface area (Å²) in [5.74, 6) is -1.89. The zero-order valence-electron chi connectivity index (χ0n) is 11.2. The van der Waals surface area contributed by atoms with Gasteiger partial charge < -0.3 is 5.32 Å². The number of nitrogens with two attached hydrogens (primary N) is 1. The largest absolute Gasteiger partial charge is 0.376 e. The van der Waals surface area contributed by atoms with Gasteiger partial charge in [0.1, 0.15) is 0 Å². The molecule has 21 heavy (non-hydrogen) atoms. The fourth-order valence-corrected chi connectivity index (χ4v) is 2.39. The maximum Gasteiger partial charge on any atom is 0.238 e. The van der Waals surface area contributed by atoms with Crippen molar-refractivity contribution < 1.29 is 17.2 Å². The molecule has 0 radical (unpaired) electrons. The van der Waals surface area contributed by atoms with Crippen molar-refractivity contribution >= 4 is 15.7 Å². The van der Waals surface area contributed by atoms with Crippen LogP contribution in [-0.2, 0) is 10.0 Å². The molecular weight excluding hydrogens is 298 g/mol. The van der Waals surface area contributed by atoms with Crippen molar-refractivity contribution in [1.82, 2.24) is 0 Å². The summed E-state index contributed by atoms with van der Waals surface area (Å²) in [6.45, 7) is 1.75. The van der Waals surface area contributed by atoms with Crippen molar-refractivity contribution in [2.24, 2.45) is 5.14 Å². The maximum absolute atomic E-state index is 13.6. The smallest absolute Gasteiger partial charge is 0.238 e. The van der Waals surface area contributed by atoms with Gasteiger partial charge in [-0.15, -0.1) is 0 Å². The first kappa shape index (κ1) is 15.4. The lowest BCUT2D eigenvalue weighted by atomic mass is 10.1. The van der Waals surface area contributed by atoms with Crippen LogP contribution in [0.25, 0.3) is 0 Å². The number of primary sulfonamides is 1. The number of sulfonamides is 1. The fourth-order valence-electron chi connectivity index (χ4n) is 1.88. The third-order valence-electron chi connectivity index (χ3n) is 3.03. The van der Waals surface area contributed by atoms with Crippen LogP contribution in [0, 0.1) is 11.6 Å². The van der Waals surface area contributed by atoms with E-state index in [0.717, 1.165) is 6.07 Å². The third-order valence-corrected chi connectivity index (χ3v) is 3.96. The number of rotatable bonds is 4. The third kappa shape index (κ3) is 3.56. The Hall–Kier alpha value is -1.99. The first-order chi connectivity index (χ1) is 9.79. The summed E-state index contributed by atoms with van der Waals surface area (Å²) < 4.78 is 49.0. The van der Waals surface area contributed by atoms with E-state index in [1.54, 1.807) is 19.1 Å². The topological polar surface area (TPSA) is 72.2 Å². The van der Waals surface area contributed by atoms with Gasteiger partial charge in [0.2, 0.25) is 10.0 Å². The average Bonchev–Trinajstić information content (AvgIpc) is 2.43. The molecule has 0 aliphatic heterocycles. The molecule has 0 aliphatic rings. The van der Waals surface area contributed by atoms with E-state index < -0.39 is 21.7 Å². The van der Waals surface area contributed by atoms with E-state index in [9.17, 15) is 17.2 Å². The van der Waals surface area contributed by atoms with Gasteiger partial charge in [-0.3, -0.25) is 0 Å². The standard InChI is InChI=1S/C14H14F2N2O2S/c1-9(18-13-4-2-3-12(15)14(13)16)10-5-7-11(8-6-10)21(17,19)20/h2-9,18H,1H3,(H2,17,19,20). The van der Waals surface area contributed by atoms with E-state index in [4.69, 9.17) is 5.14 Å². The number of anilines is 1. The van der Waals surface area contributed by atoms with Crippen LogP contribution in [0.1, 0.15) is 18.5 Å². The Balaban J connectivity index is 2.21. The van der Waals surface area contributed by atoms with E-state index in [1.807, 2.05) is 0 Å². The van der Waals surface area contributed by atoms with Gasteiger partial charge in [0, 0.05) is 6.04 Å². The van der Waals surface area contributed by atoms with Crippen molar-refractivity contribution in [3.05, 3.63) is 59.7 Å². The molecule has 0 spiro atoms. The summed E-state index contributed by atoms with van der Waals surface area (Å²) in [5.41, 5.74) is 0.754. The molecule has 1 unspecified atom stereocenters. The van der Waals surface area contributed by atoms with Crippen LogP contribution in [0.3, 0.4) is 0 Å². The molecule has 2 rings (SSSR count). The Morgan fingerprint density at radius 3 is 2.29 bits per heavy atom. The lowest BCUT2D eigenvalue weighted by molar-refractivity contribution is 0.510. The number of hydrogen-bond acceptors (Lipinski definition) is 3. The van der Waals surface area contributed by atoms with Crippen molar-refractivity contribution in [3.8, 4) is 0 Å². The van der Waals surface area contributed by atoms with Gasteiger partial charge in [-0.25, -0.2) is 22.3 Å². The molecule has 2 aromatic rings. The van der Waals surface area contributed by atoms with E-state index >= 15 is 0 Å². The minimum Gasteiger partial charge on any atom is -0.376 e. The molecule has 0 saturated heterocycles. The zero-order valence-corrected chi connectivity index (χ0v) is 12.0. The molecule has 4 nitrogen and oxygen atoms in total. The molecule has 1 atom stereocenters. The predicted molar refractivity (Wildman–Crippen MR) is 76.2 cm³/mol. The highest BCUT2D eigenvalue weighted by atomic mass is 32.2. The Labute approximate surface area is 121 Å². The van der Waals surface area contributed by atoms with Crippen LogP contribution in [-0.4, -0.2) is 8.42 Å². The highest BCUT2D eigenvalue weighted by Crippen LogP contribution is 2.23. The van der Waals surface area contributed by atoms with Crippen LogP contribution < -0.4 is 10.5 Å². The van der Waals surface area contributed by atoms with Gasteiger partial charge in [-0.1, -0.05) is 18.2 Å². The van der Waals surface area contributed by atoms with Crippen LogP contribution in [0.4, 0.5) is 14.5 Å².